The summed E-state index contributed by atoms with van der Waals surface area (Å²) in [5.74, 6) is -7.70. The number of hydrogen-bond donors (Lipinski definition) is 7. The van der Waals surface area contributed by atoms with Crippen molar-refractivity contribution in [2.24, 2.45) is 0 Å². The molecule has 7 N–H and O–H groups in total. The highest BCUT2D eigenvalue weighted by molar-refractivity contribution is 8.01. The molecule has 12 nitrogen and oxygen atoms in total. The smallest absolute Gasteiger partial charge is 0.327 e. The Bertz CT molecular complexity index is 1290. The summed E-state index contributed by atoms with van der Waals surface area (Å²) in [6, 6.07) is 1.64. The second kappa shape index (κ2) is 8.46. The lowest BCUT2D eigenvalue weighted by atomic mass is 9.48. The summed E-state index contributed by atoms with van der Waals surface area (Å²) in [6.45, 7) is 2.49. The molecule has 0 aliphatic heterocycles. The van der Waals surface area contributed by atoms with Crippen molar-refractivity contribution in [2.75, 3.05) is 5.75 Å². The Labute approximate surface area is 214 Å². The van der Waals surface area contributed by atoms with Crippen LogP contribution >= 0.6 is 11.8 Å². The third-order valence-corrected chi connectivity index (χ3v) is 9.08. The molecule has 6 atom stereocenters. The summed E-state index contributed by atoms with van der Waals surface area (Å²) >= 11 is 0.233. The molecule has 13 heteroatoms. The number of phenolic OH excluding ortho intramolecular Hbond substituents is 1. The van der Waals surface area contributed by atoms with Crippen molar-refractivity contribution in [1.29, 1.82) is 0 Å². The first kappa shape index (κ1) is 26.9. The molecule has 3 aliphatic rings. The van der Waals surface area contributed by atoms with E-state index in [-0.39, 0.29) is 17.3 Å². The van der Waals surface area contributed by atoms with Gasteiger partial charge in [0, 0.05) is 31.1 Å². The number of rotatable bonds is 5. The highest BCUT2D eigenvalue weighted by Crippen LogP contribution is 2.62. The quantitative estimate of drug-likeness (QED) is 0.234. The number of aliphatic carboxylic acids is 1. The SMILES string of the molecule is CC(=O)N[C@H](CS[C@]12C(=O)c3c(O)cccc3C(=O)[C@@]1(O)[C@]1(O)C(=O)C=C(C)C[C@]1(O)C[C@H]2O)C(=O)O. The van der Waals surface area contributed by atoms with Crippen molar-refractivity contribution in [1.82, 2.24) is 5.32 Å². The van der Waals surface area contributed by atoms with E-state index in [4.69, 9.17) is 0 Å². The molecule has 37 heavy (non-hydrogen) atoms. The van der Waals surface area contributed by atoms with Gasteiger partial charge in [0.1, 0.15) is 22.1 Å². The third-order valence-electron chi connectivity index (χ3n) is 7.37. The van der Waals surface area contributed by atoms with Crippen LogP contribution in [0.25, 0.3) is 0 Å². The van der Waals surface area contributed by atoms with Gasteiger partial charge >= 0.3 is 5.97 Å². The minimum atomic E-state index is -3.51. The van der Waals surface area contributed by atoms with Gasteiger partial charge in [-0.25, -0.2) is 4.79 Å². The number of carbonyl (C=O) groups is 5. The van der Waals surface area contributed by atoms with Gasteiger partial charge in [0.25, 0.3) is 0 Å². The molecular formula is C24H25NO11S. The van der Waals surface area contributed by atoms with E-state index in [1.54, 1.807) is 0 Å². The van der Waals surface area contributed by atoms with E-state index in [1.807, 2.05) is 0 Å². The lowest BCUT2D eigenvalue weighted by Gasteiger charge is -2.64. The predicted octanol–water partition coefficient (Wildman–Crippen LogP) is -1.29. The maximum atomic E-state index is 14.0. The van der Waals surface area contributed by atoms with Crippen molar-refractivity contribution < 1.29 is 54.6 Å². The third kappa shape index (κ3) is 3.28. The fourth-order valence-electron chi connectivity index (χ4n) is 5.80. The Balaban J connectivity index is 2.03. The molecule has 0 radical (unpaired) electrons. The zero-order valence-electron chi connectivity index (χ0n) is 19.7. The van der Waals surface area contributed by atoms with Crippen LogP contribution in [0.3, 0.4) is 0 Å². The summed E-state index contributed by atoms with van der Waals surface area (Å²) in [7, 11) is 0. The van der Waals surface area contributed by atoms with E-state index in [2.05, 4.69) is 5.32 Å². The molecule has 0 bridgehead atoms. The molecule has 1 aromatic rings. The van der Waals surface area contributed by atoms with Crippen molar-refractivity contribution >= 4 is 41.0 Å². The van der Waals surface area contributed by atoms with Gasteiger partial charge in [-0.05, 0) is 19.1 Å². The molecule has 0 aromatic heterocycles. The number of carboxylic acid groups (broad SMARTS) is 1. The summed E-state index contributed by atoms with van der Waals surface area (Å²) in [4.78, 5) is 64.6. The van der Waals surface area contributed by atoms with Crippen LogP contribution in [-0.2, 0) is 14.4 Å². The van der Waals surface area contributed by atoms with Gasteiger partial charge in [-0.15, -0.1) is 11.8 Å². The van der Waals surface area contributed by atoms with Crippen molar-refractivity contribution in [2.45, 2.75) is 60.4 Å². The minimum Gasteiger partial charge on any atom is -0.507 e. The van der Waals surface area contributed by atoms with Gasteiger partial charge in [0.2, 0.25) is 11.7 Å². The predicted molar refractivity (Wildman–Crippen MR) is 126 cm³/mol. The summed E-state index contributed by atoms with van der Waals surface area (Å²) in [6.07, 6.45) is -2.52. The summed E-state index contributed by atoms with van der Waals surface area (Å²) < 4.78 is -2.86. The maximum Gasteiger partial charge on any atom is 0.327 e. The van der Waals surface area contributed by atoms with Crippen LogP contribution in [0.5, 0.6) is 5.75 Å². The number of hydrogen-bond acceptors (Lipinski definition) is 11. The van der Waals surface area contributed by atoms with Gasteiger partial charge in [-0.3, -0.25) is 19.2 Å². The van der Waals surface area contributed by atoms with Crippen LogP contribution in [0.1, 0.15) is 47.4 Å². The van der Waals surface area contributed by atoms with Gasteiger partial charge < -0.3 is 36.0 Å². The molecule has 0 saturated heterocycles. The normalized spacial score (nSPS) is 35.6. The van der Waals surface area contributed by atoms with Gasteiger partial charge in [-0.2, -0.15) is 0 Å². The summed E-state index contributed by atoms with van der Waals surface area (Å²) in [5.41, 5.74) is -10.3. The highest BCUT2D eigenvalue weighted by Gasteiger charge is 2.85. The molecule has 4 rings (SSSR count). The number of Topliss-reactive ketones (excluding diaryl/α,β-unsaturated/α-hetero) is 2. The van der Waals surface area contributed by atoms with Crippen molar-refractivity contribution in [3.05, 3.63) is 41.0 Å². The average molecular weight is 536 g/mol. The maximum absolute atomic E-state index is 14.0. The van der Waals surface area contributed by atoms with Crippen LogP contribution < -0.4 is 5.32 Å². The van der Waals surface area contributed by atoms with E-state index in [0.717, 1.165) is 25.1 Å². The van der Waals surface area contributed by atoms with Crippen molar-refractivity contribution in [3.8, 4) is 5.75 Å². The first-order valence-corrected chi connectivity index (χ1v) is 12.2. The van der Waals surface area contributed by atoms with E-state index in [9.17, 15) is 54.6 Å². The Hall–Kier alpha value is -3.10. The monoisotopic (exact) mass is 535 g/mol. The first-order chi connectivity index (χ1) is 17.1. The van der Waals surface area contributed by atoms with Crippen LogP contribution in [-0.4, -0.2) is 99.3 Å². The zero-order chi connectivity index (χ0) is 27.7. The summed E-state index contributed by atoms with van der Waals surface area (Å²) in [5, 5.41) is 69.0. The second-order valence-electron chi connectivity index (χ2n) is 9.70. The first-order valence-electron chi connectivity index (χ1n) is 11.2. The lowest BCUT2D eigenvalue weighted by Crippen LogP contribution is -2.89. The van der Waals surface area contributed by atoms with Crippen LogP contribution in [0.4, 0.5) is 0 Å². The molecule has 1 fully saturated rings. The standard InChI is InChI=1S/C24H25NO11S/c1-10-6-15(28)23(35)21(34,7-10)8-16(29)22(37-9-13(20(32)33)25-11(2)26)19(31)17-12(4-3-5-14(17)27)18(30)24(22,23)36/h3-6,13,16,27,29,34-36H,7-9H2,1-2H3,(H,25,26)(H,32,33)/t13-,16-,21+,22-,23+,24+/m1/s1. The molecule has 198 valence electrons. The number of phenols is 1. The number of fused-ring (bicyclic) bond motifs is 4. The second-order valence-corrected chi connectivity index (χ2v) is 11.0. The fourth-order valence-corrected chi connectivity index (χ4v) is 7.42. The number of nitrogens with one attached hydrogen (secondary N) is 1. The number of ketones is 3. The molecule has 0 heterocycles. The van der Waals surface area contributed by atoms with Gasteiger partial charge in [0.05, 0.1) is 11.7 Å². The Morgan fingerprint density at radius 3 is 2.38 bits per heavy atom. The molecular weight excluding hydrogens is 510 g/mol. The molecule has 1 saturated carbocycles. The number of amides is 1. The van der Waals surface area contributed by atoms with Crippen LogP contribution in [0.15, 0.2) is 29.8 Å². The highest BCUT2D eigenvalue weighted by atomic mass is 32.2. The Kier molecular flexibility index (Phi) is 6.16. The van der Waals surface area contributed by atoms with Crippen molar-refractivity contribution in [3.63, 3.8) is 0 Å². The van der Waals surface area contributed by atoms with Crippen LogP contribution in [0, 0.1) is 0 Å². The van der Waals surface area contributed by atoms with Crippen LogP contribution in [0.2, 0.25) is 0 Å². The number of aliphatic hydroxyl groups is 4. The average Bonchev–Trinajstić information content (AvgIpc) is 2.78. The fraction of sp³-hybridized carbons (Fsp3) is 0.458. The number of thioether (sulfide) groups is 1. The molecule has 1 aromatic carbocycles. The number of carboxylic acids is 1. The van der Waals surface area contributed by atoms with Gasteiger partial charge in [0.15, 0.2) is 22.8 Å². The lowest BCUT2D eigenvalue weighted by molar-refractivity contribution is -0.260. The van der Waals surface area contributed by atoms with E-state index < -0.39 is 98.4 Å². The molecule has 3 aliphatic carbocycles. The topological polar surface area (TPSA) is 219 Å². The largest absolute Gasteiger partial charge is 0.507 e. The Morgan fingerprint density at radius 2 is 1.78 bits per heavy atom. The van der Waals surface area contributed by atoms with E-state index in [1.165, 1.54) is 13.0 Å². The number of aliphatic hydroxyl groups excluding tert-OH is 1. The number of carbonyl (C=O) groups excluding carboxylic acids is 4. The molecule has 0 spiro atoms. The Morgan fingerprint density at radius 1 is 1.14 bits per heavy atom. The molecule has 1 amide bonds. The van der Waals surface area contributed by atoms with E-state index in [0.29, 0.717) is 0 Å². The number of benzene rings is 1. The minimum absolute atomic E-state index is 0.233. The zero-order valence-corrected chi connectivity index (χ0v) is 20.5. The van der Waals surface area contributed by atoms with Gasteiger partial charge in [-0.1, -0.05) is 17.7 Å². The molecule has 0 unspecified atom stereocenters. The van der Waals surface area contributed by atoms with E-state index >= 15 is 0 Å². The number of aromatic hydroxyl groups is 1.